The Labute approximate surface area is 193 Å². The number of benzene rings is 2. The average molecular weight is 417 g/mol. The second-order valence-electron chi connectivity index (χ2n) is 6.12. The van der Waals surface area contributed by atoms with Gasteiger partial charge in [-0.25, -0.2) is 4.98 Å². The molecule has 0 unspecified atom stereocenters. The Kier molecular flexibility index (Phi) is 6.59. The number of hydrogen-bond acceptors (Lipinski definition) is 6. The van der Waals surface area contributed by atoms with E-state index >= 15 is 0 Å². The smallest absolute Gasteiger partial charge is 1.00 e. The summed E-state index contributed by atoms with van der Waals surface area (Å²) < 4.78 is 7.24. The third-order valence-electron chi connectivity index (χ3n) is 4.26. The first kappa shape index (κ1) is 21.3. The van der Waals surface area contributed by atoms with E-state index in [2.05, 4.69) is 10.3 Å². The maximum Gasteiger partial charge on any atom is 1.00 e. The maximum atomic E-state index is 12.4. The zero-order chi connectivity index (χ0) is 19.7. The summed E-state index contributed by atoms with van der Waals surface area (Å²) in [6.45, 7) is 0.143. The van der Waals surface area contributed by atoms with Gasteiger partial charge in [0, 0.05) is 7.05 Å². The van der Waals surface area contributed by atoms with Gasteiger partial charge in [0.1, 0.15) is 18.2 Å². The van der Waals surface area contributed by atoms with Crippen LogP contribution in [0, 0.1) is 0 Å². The molecule has 7 nitrogen and oxygen atoms in total. The standard InChI is InChI=1S/C20H15N3O4S.Na.H/c1-23-17(21-15-5-3-2-4-14(15)19(23)25)11-27-13-8-6-12(7-9-13)10-16-18(24)22-20(26)28-16;;/h2-10H,11H2,1H3,(H,22,24,26);;/q;+1;-1/b16-10+;;. The van der Waals surface area contributed by atoms with E-state index in [0.29, 0.717) is 27.4 Å². The molecule has 1 aliphatic rings. The molecule has 2 heterocycles. The van der Waals surface area contributed by atoms with Crippen LogP contribution in [0.25, 0.3) is 17.0 Å². The van der Waals surface area contributed by atoms with E-state index < -0.39 is 5.91 Å². The molecule has 1 aromatic heterocycles. The van der Waals surface area contributed by atoms with Crippen molar-refractivity contribution in [2.45, 2.75) is 6.61 Å². The molecule has 2 amide bonds. The summed E-state index contributed by atoms with van der Waals surface area (Å²) in [5.41, 5.74) is 1.29. The molecule has 142 valence electrons. The minimum atomic E-state index is -0.390. The number of amides is 2. The van der Waals surface area contributed by atoms with Gasteiger partial charge in [0.25, 0.3) is 16.7 Å². The van der Waals surface area contributed by atoms with Crippen LogP contribution in [0.1, 0.15) is 12.8 Å². The number of nitrogens with one attached hydrogen (secondary N) is 1. The van der Waals surface area contributed by atoms with Gasteiger partial charge in [-0.3, -0.25) is 24.3 Å². The summed E-state index contributed by atoms with van der Waals surface area (Å²) in [7, 11) is 1.67. The summed E-state index contributed by atoms with van der Waals surface area (Å²) in [6, 6.07) is 14.3. The molecule has 0 radical (unpaired) electrons. The largest absolute Gasteiger partial charge is 1.00 e. The van der Waals surface area contributed by atoms with E-state index in [1.807, 2.05) is 12.1 Å². The van der Waals surface area contributed by atoms with Crippen LogP contribution < -0.4 is 45.2 Å². The summed E-state index contributed by atoms with van der Waals surface area (Å²) in [5, 5.41) is 2.41. The quantitative estimate of drug-likeness (QED) is 0.473. The number of aromatic nitrogens is 2. The molecule has 0 atom stereocenters. The molecule has 3 aromatic rings. The normalized spacial score (nSPS) is 14.7. The van der Waals surface area contributed by atoms with Crippen molar-refractivity contribution in [3.8, 4) is 5.75 Å². The average Bonchev–Trinajstić information content (AvgIpc) is 3.01. The number of carbonyl (C=O) groups excluding carboxylic acids is 2. The van der Waals surface area contributed by atoms with E-state index in [1.165, 1.54) is 4.57 Å². The van der Waals surface area contributed by atoms with Gasteiger partial charge in [-0.05, 0) is 47.7 Å². The summed E-state index contributed by atoms with van der Waals surface area (Å²) in [6.07, 6.45) is 1.64. The van der Waals surface area contributed by atoms with Crippen LogP contribution >= 0.6 is 11.8 Å². The molecule has 0 bridgehead atoms. The Hall–Kier alpha value is -2.39. The minimum Gasteiger partial charge on any atom is -1.00 e. The van der Waals surface area contributed by atoms with Crippen molar-refractivity contribution in [1.82, 2.24) is 14.9 Å². The summed E-state index contributed by atoms with van der Waals surface area (Å²) in [4.78, 5) is 40.1. The van der Waals surface area contributed by atoms with Crippen LogP contribution in [0.15, 0.2) is 58.2 Å². The van der Waals surface area contributed by atoms with E-state index in [-0.39, 0.29) is 48.4 Å². The first-order valence-electron chi connectivity index (χ1n) is 8.43. The number of ether oxygens (including phenoxy) is 1. The number of para-hydroxylation sites is 1. The van der Waals surface area contributed by atoms with Gasteiger partial charge in [0.05, 0.1) is 15.8 Å². The van der Waals surface area contributed by atoms with Gasteiger partial charge in [-0.2, -0.15) is 0 Å². The van der Waals surface area contributed by atoms with Gasteiger partial charge in [0.15, 0.2) is 0 Å². The van der Waals surface area contributed by atoms with Crippen molar-refractivity contribution >= 4 is 39.9 Å². The minimum absolute atomic E-state index is 0. The summed E-state index contributed by atoms with van der Waals surface area (Å²) in [5.74, 6) is 0.732. The van der Waals surface area contributed by atoms with Crippen LogP contribution in [0.5, 0.6) is 5.75 Å². The fourth-order valence-corrected chi connectivity index (χ4v) is 3.46. The van der Waals surface area contributed by atoms with Gasteiger partial charge in [-0.15, -0.1) is 0 Å². The number of thioether (sulfide) groups is 1. The van der Waals surface area contributed by atoms with Crippen molar-refractivity contribution < 1.29 is 45.3 Å². The number of carbonyl (C=O) groups is 2. The first-order chi connectivity index (χ1) is 13.5. The molecule has 9 heteroatoms. The van der Waals surface area contributed by atoms with Crippen molar-refractivity contribution in [3.63, 3.8) is 0 Å². The number of rotatable bonds is 4. The number of imide groups is 1. The summed E-state index contributed by atoms with van der Waals surface area (Å²) >= 11 is 0.874. The van der Waals surface area contributed by atoms with Crippen LogP contribution in [0.4, 0.5) is 4.79 Å². The Morgan fingerprint density at radius 2 is 1.86 bits per heavy atom. The van der Waals surface area contributed by atoms with Crippen molar-refractivity contribution in [2.24, 2.45) is 7.05 Å². The van der Waals surface area contributed by atoms with E-state index in [4.69, 9.17) is 4.74 Å². The zero-order valence-corrected chi connectivity index (χ0v) is 18.7. The molecule has 2 aromatic carbocycles. The SMILES string of the molecule is Cn1c(COc2ccc(/C=C3/SC(=O)NC3=O)cc2)nc2ccccc2c1=O.[H-].[Na+]. The molecule has 1 aliphatic heterocycles. The molecule has 0 spiro atoms. The molecule has 29 heavy (non-hydrogen) atoms. The van der Waals surface area contributed by atoms with E-state index in [0.717, 1.165) is 17.3 Å². The van der Waals surface area contributed by atoms with Gasteiger partial charge < -0.3 is 6.16 Å². The van der Waals surface area contributed by atoms with Crippen LogP contribution in [-0.2, 0) is 18.4 Å². The molecule has 0 aliphatic carbocycles. The Bertz CT molecular complexity index is 1190. The fraction of sp³-hybridized carbons (Fsp3) is 0.100. The third kappa shape index (κ3) is 4.62. The van der Waals surface area contributed by atoms with Gasteiger partial charge >= 0.3 is 29.6 Å². The Morgan fingerprint density at radius 3 is 2.55 bits per heavy atom. The molecule has 0 saturated carbocycles. The third-order valence-corrected chi connectivity index (χ3v) is 5.07. The molecule has 1 N–H and O–H groups in total. The molecule has 1 saturated heterocycles. The van der Waals surface area contributed by atoms with Crippen molar-refractivity contribution in [2.75, 3.05) is 0 Å². The predicted molar refractivity (Wildman–Crippen MR) is 108 cm³/mol. The van der Waals surface area contributed by atoms with Crippen LogP contribution in [-0.4, -0.2) is 20.7 Å². The van der Waals surface area contributed by atoms with E-state index in [1.54, 1.807) is 49.5 Å². The fourth-order valence-electron chi connectivity index (χ4n) is 2.77. The van der Waals surface area contributed by atoms with Gasteiger partial charge in [0.2, 0.25) is 0 Å². The molecule has 1 fully saturated rings. The predicted octanol–water partition coefficient (Wildman–Crippen LogP) is -0.0471. The maximum absolute atomic E-state index is 12.4. The Morgan fingerprint density at radius 1 is 1.14 bits per heavy atom. The first-order valence-corrected chi connectivity index (χ1v) is 9.25. The zero-order valence-electron chi connectivity index (χ0n) is 16.8. The molecular weight excluding hydrogens is 401 g/mol. The number of hydrogen-bond donors (Lipinski definition) is 1. The number of nitrogens with zero attached hydrogens (tertiary/aromatic N) is 2. The topological polar surface area (TPSA) is 90.3 Å². The van der Waals surface area contributed by atoms with Crippen LogP contribution in [0.2, 0.25) is 0 Å². The monoisotopic (exact) mass is 417 g/mol. The Balaban J connectivity index is 0.00000160. The van der Waals surface area contributed by atoms with Gasteiger partial charge in [-0.1, -0.05) is 24.3 Å². The van der Waals surface area contributed by atoms with E-state index in [9.17, 15) is 14.4 Å². The molecular formula is C20H16N3NaO4S. The van der Waals surface area contributed by atoms with Crippen molar-refractivity contribution in [1.29, 1.82) is 0 Å². The second-order valence-corrected chi connectivity index (χ2v) is 7.13. The molecule has 4 rings (SSSR count). The number of fused-ring (bicyclic) bond motifs is 1. The second kappa shape index (κ2) is 8.96. The van der Waals surface area contributed by atoms with Crippen LogP contribution in [0.3, 0.4) is 0 Å². The van der Waals surface area contributed by atoms with Crippen molar-refractivity contribution in [3.05, 3.63) is 75.2 Å².